The molecule has 0 radical (unpaired) electrons. The molecule has 0 unspecified atom stereocenters. The highest BCUT2D eigenvalue weighted by Crippen LogP contribution is 2.27. The molecule has 1 aromatic heterocycles. The molecule has 0 aliphatic heterocycles. The van der Waals surface area contributed by atoms with Gasteiger partial charge in [0.2, 0.25) is 0 Å². The standard InChI is InChI=1S/C8H10F2N2O.ClH/c9-8(10,5-13)7(11)6-1-3-12-4-2-6;/h1-4,7,13H,5,11H2;1H/t7-;/m0./s1. The number of hydrogen-bond acceptors (Lipinski definition) is 3. The van der Waals surface area contributed by atoms with Crippen LogP contribution in [0.2, 0.25) is 0 Å². The van der Waals surface area contributed by atoms with Gasteiger partial charge >= 0.3 is 0 Å². The molecule has 3 N–H and O–H groups in total. The number of nitrogens with zero attached hydrogens (tertiary/aromatic N) is 1. The SMILES string of the molecule is Cl.N[C@@H](c1ccncc1)C(F)(F)CO. The summed E-state index contributed by atoms with van der Waals surface area (Å²) in [7, 11) is 0. The van der Waals surface area contributed by atoms with E-state index in [2.05, 4.69) is 4.98 Å². The Hall–Kier alpha value is -0.780. The van der Waals surface area contributed by atoms with Crippen LogP contribution in [0.15, 0.2) is 24.5 Å². The predicted octanol–water partition coefficient (Wildman–Crippen LogP) is 1.13. The molecule has 1 atom stereocenters. The molecule has 14 heavy (non-hydrogen) atoms. The zero-order valence-electron chi connectivity index (χ0n) is 7.23. The van der Waals surface area contributed by atoms with Crippen molar-refractivity contribution in [2.75, 3.05) is 6.61 Å². The molecule has 80 valence electrons. The molecule has 0 saturated heterocycles. The molecule has 1 aromatic rings. The largest absolute Gasteiger partial charge is 0.390 e. The maximum Gasteiger partial charge on any atom is 0.289 e. The molecule has 0 saturated carbocycles. The Bertz CT molecular complexity index is 271. The third kappa shape index (κ3) is 2.87. The minimum absolute atomic E-state index is 0. The average Bonchev–Trinajstić information content (AvgIpc) is 2.18. The van der Waals surface area contributed by atoms with E-state index in [0.29, 0.717) is 0 Å². The summed E-state index contributed by atoms with van der Waals surface area (Å²) in [6.45, 7) is -1.25. The number of nitrogens with two attached hydrogens (primary N) is 1. The molecule has 0 aromatic carbocycles. The zero-order chi connectivity index (χ0) is 9.90. The molecule has 0 amide bonds. The van der Waals surface area contributed by atoms with Crippen molar-refractivity contribution in [3.8, 4) is 0 Å². The number of aliphatic hydroxyl groups is 1. The van der Waals surface area contributed by atoms with Gasteiger partial charge in [-0.25, -0.2) is 8.78 Å². The first-order chi connectivity index (χ1) is 6.08. The molecular weight excluding hydrogens is 214 g/mol. The van der Waals surface area contributed by atoms with Crippen LogP contribution in [0.3, 0.4) is 0 Å². The Kier molecular flexibility index (Phi) is 4.90. The fraction of sp³-hybridized carbons (Fsp3) is 0.375. The van der Waals surface area contributed by atoms with Crippen molar-refractivity contribution in [3.05, 3.63) is 30.1 Å². The van der Waals surface area contributed by atoms with E-state index in [4.69, 9.17) is 10.8 Å². The topological polar surface area (TPSA) is 59.1 Å². The smallest absolute Gasteiger partial charge is 0.289 e. The number of pyridine rings is 1. The highest BCUT2D eigenvalue weighted by Gasteiger charge is 2.37. The predicted molar refractivity (Wildman–Crippen MR) is 50.4 cm³/mol. The second kappa shape index (κ2) is 5.19. The van der Waals surface area contributed by atoms with Gasteiger partial charge in [0.15, 0.2) is 0 Å². The van der Waals surface area contributed by atoms with Gasteiger partial charge in [-0.15, -0.1) is 12.4 Å². The molecular formula is C8H11ClF2N2O. The van der Waals surface area contributed by atoms with Gasteiger partial charge in [-0.3, -0.25) is 4.98 Å². The van der Waals surface area contributed by atoms with Crippen molar-refractivity contribution in [2.24, 2.45) is 5.73 Å². The van der Waals surface area contributed by atoms with Crippen molar-refractivity contribution in [2.45, 2.75) is 12.0 Å². The summed E-state index contributed by atoms with van der Waals surface area (Å²) in [4.78, 5) is 3.67. The summed E-state index contributed by atoms with van der Waals surface area (Å²) in [6.07, 6.45) is 2.76. The zero-order valence-corrected chi connectivity index (χ0v) is 8.05. The van der Waals surface area contributed by atoms with Crippen LogP contribution in [0.5, 0.6) is 0 Å². The van der Waals surface area contributed by atoms with Crippen LogP contribution < -0.4 is 5.73 Å². The number of aromatic nitrogens is 1. The van der Waals surface area contributed by atoms with Crippen molar-refractivity contribution in [1.29, 1.82) is 0 Å². The van der Waals surface area contributed by atoms with Crippen LogP contribution in [-0.2, 0) is 0 Å². The van der Waals surface area contributed by atoms with Gasteiger partial charge in [-0.05, 0) is 17.7 Å². The van der Waals surface area contributed by atoms with Gasteiger partial charge in [0.1, 0.15) is 6.61 Å². The average molecular weight is 225 g/mol. The highest BCUT2D eigenvalue weighted by atomic mass is 35.5. The molecule has 6 heteroatoms. The van der Waals surface area contributed by atoms with E-state index in [-0.39, 0.29) is 18.0 Å². The number of aliphatic hydroxyl groups excluding tert-OH is 1. The molecule has 0 fully saturated rings. The van der Waals surface area contributed by atoms with Crippen molar-refractivity contribution < 1.29 is 13.9 Å². The minimum Gasteiger partial charge on any atom is -0.390 e. The fourth-order valence-corrected chi connectivity index (χ4v) is 0.913. The van der Waals surface area contributed by atoms with Gasteiger partial charge < -0.3 is 10.8 Å². The normalized spacial score (nSPS) is 13.1. The van der Waals surface area contributed by atoms with Crippen LogP contribution in [0.1, 0.15) is 11.6 Å². The van der Waals surface area contributed by atoms with Crippen molar-refractivity contribution in [1.82, 2.24) is 4.98 Å². The third-order valence-corrected chi connectivity index (χ3v) is 1.73. The number of halogens is 3. The Labute approximate surface area is 86.4 Å². The van der Waals surface area contributed by atoms with E-state index in [0.717, 1.165) is 0 Å². The molecule has 1 heterocycles. The Morgan fingerprint density at radius 2 is 1.93 bits per heavy atom. The van der Waals surface area contributed by atoms with Gasteiger partial charge in [-0.2, -0.15) is 0 Å². The van der Waals surface area contributed by atoms with Gasteiger partial charge in [0.05, 0.1) is 6.04 Å². The lowest BCUT2D eigenvalue weighted by Crippen LogP contribution is -2.36. The lowest BCUT2D eigenvalue weighted by atomic mass is 10.0. The van der Waals surface area contributed by atoms with Gasteiger partial charge in [0, 0.05) is 12.4 Å². The van der Waals surface area contributed by atoms with E-state index in [1.54, 1.807) is 0 Å². The van der Waals surface area contributed by atoms with Gasteiger partial charge in [-0.1, -0.05) is 0 Å². The lowest BCUT2D eigenvalue weighted by Gasteiger charge is -2.21. The first-order valence-corrected chi connectivity index (χ1v) is 3.72. The molecule has 1 rings (SSSR count). The summed E-state index contributed by atoms with van der Waals surface area (Å²) >= 11 is 0. The molecule has 0 spiro atoms. The lowest BCUT2D eigenvalue weighted by molar-refractivity contribution is -0.0711. The van der Waals surface area contributed by atoms with Crippen molar-refractivity contribution >= 4 is 12.4 Å². The second-order valence-electron chi connectivity index (χ2n) is 2.68. The number of alkyl halides is 2. The maximum absolute atomic E-state index is 12.8. The van der Waals surface area contributed by atoms with E-state index in [1.165, 1.54) is 24.5 Å². The van der Waals surface area contributed by atoms with Crippen LogP contribution in [0.25, 0.3) is 0 Å². The van der Waals surface area contributed by atoms with E-state index >= 15 is 0 Å². The summed E-state index contributed by atoms with van der Waals surface area (Å²) in [6, 6.07) is 1.31. The Balaban J connectivity index is 0.00000169. The summed E-state index contributed by atoms with van der Waals surface area (Å²) in [5.41, 5.74) is 5.50. The fourth-order valence-electron chi connectivity index (χ4n) is 0.913. The second-order valence-corrected chi connectivity index (χ2v) is 2.68. The first kappa shape index (κ1) is 13.2. The van der Waals surface area contributed by atoms with Crippen molar-refractivity contribution in [3.63, 3.8) is 0 Å². The number of hydrogen-bond donors (Lipinski definition) is 2. The molecule has 0 aliphatic rings. The maximum atomic E-state index is 12.8. The van der Waals surface area contributed by atoms with E-state index in [1.807, 2.05) is 0 Å². The Morgan fingerprint density at radius 3 is 2.36 bits per heavy atom. The Morgan fingerprint density at radius 1 is 1.43 bits per heavy atom. The molecule has 3 nitrogen and oxygen atoms in total. The van der Waals surface area contributed by atoms with E-state index in [9.17, 15) is 8.78 Å². The third-order valence-electron chi connectivity index (χ3n) is 1.73. The van der Waals surface area contributed by atoms with Crippen LogP contribution >= 0.6 is 12.4 Å². The van der Waals surface area contributed by atoms with Crippen LogP contribution in [-0.4, -0.2) is 22.6 Å². The summed E-state index contributed by atoms with van der Waals surface area (Å²) in [5.74, 6) is -3.29. The molecule has 0 bridgehead atoms. The highest BCUT2D eigenvalue weighted by molar-refractivity contribution is 5.85. The first-order valence-electron chi connectivity index (χ1n) is 3.72. The van der Waals surface area contributed by atoms with Gasteiger partial charge in [0.25, 0.3) is 5.92 Å². The summed E-state index contributed by atoms with van der Waals surface area (Å²) in [5, 5.41) is 8.38. The molecule has 0 aliphatic carbocycles. The van der Waals surface area contributed by atoms with E-state index < -0.39 is 18.6 Å². The quantitative estimate of drug-likeness (QED) is 0.809. The number of rotatable bonds is 3. The summed E-state index contributed by atoms with van der Waals surface area (Å²) < 4.78 is 25.7. The minimum atomic E-state index is -3.29. The van der Waals surface area contributed by atoms with Crippen LogP contribution in [0, 0.1) is 0 Å². The van der Waals surface area contributed by atoms with Crippen LogP contribution in [0.4, 0.5) is 8.78 Å². The monoisotopic (exact) mass is 224 g/mol.